The van der Waals surface area contributed by atoms with Crippen LogP contribution in [-0.4, -0.2) is 37.5 Å². The molecule has 21 heavy (non-hydrogen) atoms. The topological polar surface area (TPSA) is 57.6 Å². The summed E-state index contributed by atoms with van der Waals surface area (Å²) in [6.07, 6.45) is 0.931. The highest BCUT2D eigenvalue weighted by molar-refractivity contribution is 7.89. The molecule has 0 radical (unpaired) electrons. The third-order valence-corrected chi connectivity index (χ3v) is 5.28. The predicted molar refractivity (Wildman–Crippen MR) is 79.7 cm³/mol. The minimum atomic E-state index is -3.85. The molecule has 0 aliphatic rings. The number of benzene rings is 1. The first-order valence-electron chi connectivity index (χ1n) is 6.71. The third kappa shape index (κ3) is 4.27. The van der Waals surface area contributed by atoms with Gasteiger partial charge in [0.25, 0.3) is 0 Å². The molecule has 0 aliphatic heterocycles. The number of aliphatic hydroxyl groups excluding tert-OH is 1. The summed E-state index contributed by atoms with van der Waals surface area (Å²) in [6.45, 7) is 3.57. The van der Waals surface area contributed by atoms with Crippen LogP contribution in [0.4, 0.5) is 4.39 Å². The van der Waals surface area contributed by atoms with Gasteiger partial charge < -0.3 is 5.11 Å². The average Bonchev–Trinajstić information content (AvgIpc) is 2.45. The van der Waals surface area contributed by atoms with Gasteiger partial charge in [-0.1, -0.05) is 18.8 Å². The van der Waals surface area contributed by atoms with Crippen LogP contribution in [0.3, 0.4) is 0 Å². The molecule has 116 valence electrons. The summed E-state index contributed by atoms with van der Waals surface area (Å²) in [6, 6.07) is 3.58. The molecule has 1 aromatic rings. The second-order valence-corrected chi connectivity index (χ2v) is 6.67. The van der Waals surface area contributed by atoms with E-state index in [1.54, 1.807) is 6.92 Å². The monoisotopic (exact) mass is 313 g/mol. The molecule has 1 unspecified atom stereocenters. The number of rotatable bonds is 5. The van der Waals surface area contributed by atoms with E-state index in [0.717, 1.165) is 6.07 Å². The predicted octanol–water partition coefficient (Wildman–Crippen LogP) is 1.98. The van der Waals surface area contributed by atoms with Crippen molar-refractivity contribution in [1.82, 2.24) is 4.31 Å². The number of hydrogen-bond donors (Lipinski definition) is 1. The van der Waals surface area contributed by atoms with E-state index in [1.165, 1.54) is 23.5 Å². The van der Waals surface area contributed by atoms with Gasteiger partial charge in [0.2, 0.25) is 10.0 Å². The molecule has 0 bridgehead atoms. The van der Waals surface area contributed by atoms with Gasteiger partial charge in [-0.15, -0.1) is 0 Å². The van der Waals surface area contributed by atoms with Crippen molar-refractivity contribution in [3.05, 3.63) is 29.6 Å². The maximum atomic E-state index is 14.1. The van der Waals surface area contributed by atoms with E-state index >= 15 is 0 Å². The van der Waals surface area contributed by atoms with Crippen LogP contribution in [0, 0.1) is 17.7 Å². The standard InChI is InChI=1S/C15H20FNO3S/c1-4-12(2)17(3)21(19,20)15-9-8-13(11-14(15)16)7-5-6-10-18/h8-9,11-12,18H,4,6,10H2,1-3H3. The Hall–Kier alpha value is -1.42. The van der Waals surface area contributed by atoms with Gasteiger partial charge in [0.1, 0.15) is 10.7 Å². The minimum absolute atomic E-state index is 0.0678. The molecule has 0 aliphatic carbocycles. The van der Waals surface area contributed by atoms with Crippen LogP contribution < -0.4 is 0 Å². The number of halogens is 1. The lowest BCUT2D eigenvalue weighted by atomic mass is 10.2. The van der Waals surface area contributed by atoms with E-state index < -0.39 is 15.8 Å². The summed E-state index contributed by atoms with van der Waals surface area (Å²) in [4.78, 5) is -0.349. The molecule has 1 rings (SSSR count). The number of hydrogen-bond acceptors (Lipinski definition) is 3. The number of nitrogens with zero attached hydrogens (tertiary/aromatic N) is 1. The summed E-state index contributed by atoms with van der Waals surface area (Å²) < 4.78 is 39.9. The van der Waals surface area contributed by atoms with E-state index in [9.17, 15) is 12.8 Å². The lowest BCUT2D eigenvalue weighted by molar-refractivity contribution is 0.305. The van der Waals surface area contributed by atoms with Gasteiger partial charge in [0.15, 0.2) is 0 Å². The SMILES string of the molecule is CCC(C)N(C)S(=O)(=O)c1ccc(C#CCCO)cc1F. The fourth-order valence-electron chi connectivity index (χ4n) is 1.66. The summed E-state index contributed by atoms with van der Waals surface area (Å²) in [5.74, 6) is 4.51. The summed E-state index contributed by atoms with van der Waals surface area (Å²) in [5, 5.41) is 8.62. The van der Waals surface area contributed by atoms with Crippen LogP contribution in [0.1, 0.15) is 32.3 Å². The molecule has 0 aromatic heterocycles. The fourth-order valence-corrected chi connectivity index (χ4v) is 3.14. The van der Waals surface area contributed by atoms with E-state index in [0.29, 0.717) is 18.4 Å². The molecular weight excluding hydrogens is 293 g/mol. The van der Waals surface area contributed by atoms with Crippen LogP contribution in [-0.2, 0) is 10.0 Å². The maximum Gasteiger partial charge on any atom is 0.245 e. The lowest BCUT2D eigenvalue weighted by Crippen LogP contribution is -2.35. The molecule has 6 heteroatoms. The molecule has 1 atom stereocenters. The van der Waals surface area contributed by atoms with Crippen molar-refractivity contribution in [3.8, 4) is 11.8 Å². The first-order valence-corrected chi connectivity index (χ1v) is 8.16. The van der Waals surface area contributed by atoms with Gasteiger partial charge in [-0.2, -0.15) is 4.31 Å². The van der Waals surface area contributed by atoms with Crippen molar-refractivity contribution in [2.24, 2.45) is 0 Å². The normalized spacial score (nSPS) is 12.9. The Morgan fingerprint density at radius 1 is 1.43 bits per heavy atom. The first kappa shape index (κ1) is 17.6. The Bertz CT molecular complexity index is 647. The molecule has 1 aromatic carbocycles. The Kier molecular flexibility index (Phi) is 6.34. The molecule has 4 nitrogen and oxygen atoms in total. The van der Waals surface area contributed by atoms with Gasteiger partial charge in [0.05, 0.1) is 6.61 Å². The quantitative estimate of drug-likeness (QED) is 0.846. The second-order valence-electron chi connectivity index (χ2n) is 4.70. The van der Waals surface area contributed by atoms with Crippen molar-refractivity contribution < 1.29 is 17.9 Å². The Balaban J connectivity index is 3.13. The van der Waals surface area contributed by atoms with E-state index in [4.69, 9.17) is 5.11 Å². The Morgan fingerprint density at radius 3 is 2.62 bits per heavy atom. The Morgan fingerprint density at radius 2 is 2.10 bits per heavy atom. The molecular formula is C15H20FNO3S. The maximum absolute atomic E-state index is 14.1. The smallest absolute Gasteiger partial charge is 0.245 e. The van der Waals surface area contributed by atoms with Crippen LogP contribution in [0.5, 0.6) is 0 Å². The molecule has 0 spiro atoms. The van der Waals surface area contributed by atoms with Gasteiger partial charge in [-0.25, -0.2) is 12.8 Å². The molecule has 0 saturated carbocycles. The van der Waals surface area contributed by atoms with Crippen molar-refractivity contribution >= 4 is 10.0 Å². The van der Waals surface area contributed by atoms with E-state index in [2.05, 4.69) is 11.8 Å². The highest BCUT2D eigenvalue weighted by atomic mass is 32.2. The molecule has 0 fully saturated rings. The summed E-state index contributed by atoms with van der Waals surface area (Å²) in [7, 11) is -2.41. The molecule has 1 N–H and O–H groups in total. The molecule has 0 saturated heterocycles. The van der Waals surface area contributed by atoms with Gasteiger partial charge in [0, 0.05) is 25.1 Å². The Labute approximate surface area is 125 Å². The van der Waals surface area contributed by atoms with Crippen LogP contribution >= 0.6 is 0 Å². The number of aliphatic hydroxyl groups is 1. The van der Waals surface area contributed by atoms with Crippen LogP contribution in [0.15, 0.2) is 23.1 Å². The minimum Gasteiger partial charge on any atom is -0.395 e. The third-order valence-electron chi connectivity index (χ3n) is 3.27. The van der Waals surface area contributed by atoms with Crippen molar-refractivity contribution in [2.45, 2.75) is 37.6 Å². The first-order chi connectivity index (χ1) is 9.84. The van der Waals surface area contributed by atoms with Gasteiger partial charge in [-0.3, -0.25) is 0 Å². The average molecular weight is 313 g/mol. The van der Waals surface area contributed by atoms with Crippen molar-refractivity contribution in [2.75, 3.05) is 13.7 Å². The van der Waals surface area contributed by atoms with Crippen LogP contribution in [0.25, 0.3) is 0 Å². The highest BCUT2D eigenvalue weighted by Crippen LogP contribution is 2.21. The highest BCUT2D eigenvalue weighted by Gasteiger charge is 2.27. The van der Waals surface area contributed by atoms with Crippen molar-refractivity contribution in [1.29, 1.82) is 0 Å². The number of sulfonamides is 1. The van der Waals surface area contributed by atoms with Gasteiger partial charge >= 0.3 is 0 Å². The zero-order chi connectivity index (χ0) is 16.0. The van der Waals surface area contributed by atoms with Gasteiger partial charge in [-0.05, 0) is 31.5 Å². The molecule has 0 heterocycles. The van der Waals surface area contributed by atoms with E-state index in [1.807, 2.05) is 6.92 Å². The van der Waals surface area contributed by atoms with Crippen LogP contribution in [0.2, 0.25) is 0 Å². The lowest BCUT2D eigenvalue weighted by Gasteiger charge is -2.23. The second kappa shape index (κ2) is 7.55. The summed E-state index contributed by atoms with van der Waals surface area (Å²) in [5.41, 5.74) is 0.381. The van der Waals surface area contributed by atoms with E-state index in [-0.39, 0.29) is 17.5 Å². The summed E-state index contributed by atoms with van der Waals surface area (Å²) >= 11 is 0. The largest absolute Gasteiger partial charge is 0.395 e. The zero-order valence-corrected chi connectivity index (χ0v) is 13.2. The van der Waals surface area contributed by atoms with Crippen molar-refractivity contribution in [3.63, 3.8) is 0 Å². The molecule has 0 amide bonds. The fraction of sp³-hybridized carbons (Fsp3) is 0.467. The zero-order valence-electron chi connectivity index (χ0n) is 12.4.